The minimum Gasteiger partial charge on any atom is -0.378 e. The average molecular weight is 289 g/mol. The molecule has 0 spiro atoms. The van der Waals surface area contributed by atoms with Crippen molar-refractivity contribution in [3.63, 3.8) is 0 Å². The van der Waals surface area contributed by atoms with Gasteiger partial charge in [-0.3, -0.25) is 0 Å². The van der Waals surface area contributed by atoms with Crippen LogP contribution in [0.3, 0.4) is 0 Å². The fourth-order valence-electron chi connectivity index (χ4n) is 3.19. The van der Waals surface area contributed by atoms with Gasteiger partial charge in [0.15, 0.2) is 0 Å². The van der Waals surface area contributed by atoms with Gasteiger partial charge >= 0.3 is 0 Å². The predicted octanol–water partition coefficient (Wildman–Crippen LogP) is 4.59. The molecule has 1 fully saturated rings. The molecule has 118 valence electrons. The third-order valence-electron chi connectivity index (χ3n) is 5.60. The van der Waals surface area contributed by atoms with Crippen LogP contribution in [-0.4, -0.2) is 19.8 Å². The largest absolute Gasteiger partial charge is 0.378 e. The van der Waals surface area contributed by atoms with Gasteiger partial charge in [0.25, 0.3) is 0 Å². The maximum absolute atomic E-state index is 5.78. The molecule has 1 aromatic carbocycles. The van der Waals surface area contributed by atoms with E-state index in [0.29, 0.717) is 6.04 Å². The summed E-state index contributed by atoms with van der Waals surface area (Å²) in [4.78, 5) is 0. The number of hydrogen-bond acceptors (Lipinski definition) is 2. The SMILES string of the molecule is CCC(C)(C)c1ccc(C(CC2(OC)CCC2)NC)cc1. The Morgan fingerprint density at radius 3 is 2.24 bits per heavy atom. The van der Waals surface area contributed by atoms with Crippen LogP contribution in [0, 0.1) is 0 Å². The van der Waals surface area contributed by atoms with E-state index in [1.54, 1.807) is 0 Å². The van der Waals surface area contributed by atoms with Crippen LogP contribution in [0.25, 0.3) is 0 Å². The molecule has 21 heavy (non-hydrogen) atoms. The highest BCUT2D eigenvalue weighted by molar-refractivity contribution is 5.30. The molecule has 1 atom stereocenters. The Labute approximate surface area is 130 Å². The molecule has 1 saturated carbocycles. The van der Waals surface area contributed by atoms with Crippen molar-refractivity contribution < 1.29 is 4.74 Å². The van der Waals surface area contributed by atoms with E-state index in [1.165, 1.54) is 30.4 Å². The molecule has 1 unspecified atom stereocenters. The molecule has 2 nitrogen and oxygen atoms in total. The van der Waals surface area contributed by atoms with Crippen molar-refractivity contribution in [1.29, 1.82) is 0 Å². The second-order valence-electron chi connectivity index (χ2n) is 7.15. The van der Waals surface area contributed by atoms with E-state index < -0.39 is 0 Å². The van der Waals surface area contributed by atoms with Crippen LogP contribution >= 0.6 is 0 Å². The van der Waals surface area contributed by atoms with Gasteiger partial charge in [0.05, 0.1) is 5.60 Å². The molecule has 1 aromatic rings. The summed E-state index contributed by atoms with van der Waals surface area (Å²) in [7, 11) is 3.91. The number of hydrogen-bond donors (Lipinski definition) is 1. The van der Waals surface area contributed by atoms with Crippen LogP contribution in [0.2, 0.25) is 0 Å². The van der Waals surface area contributed by atoms with Gasteiger partial charge in [-0.05, 0) is 55.7 Å². The highest BCUT2D eigenvalue weighted by Gasteiger charge is 2.39. The van der Waals surface area contributed by atoms with Gasteiger partial charge in [-0.1, -0.05) is 45.0 Å². The molecular formula is C19H31NO. The molecule has 2 heteroatoms. The summed E-state index contributed by atoms with van der Waals surface area (Å²) >= 11 is 0. The zero-order valence-corrected chi connectivity index (χ0v) is 14.3. The first-order valence-corrected chi connectivity index (χ1v) is 8.29. The molecule has 0 aliphatic heterocycles. The Morgan fingerprint density at radius 1 is 1.24 bits per heavy atom. The highest BCUT2D eigenvalue weighted by atomic mass is 16.5. The van der Waals surface area contributed by atoms with Crippen molar-refractivity contribution in [3.8, 4) is 0 Å². The topological polar surface area (TPSA) is 21.3 Å². The van der Waals surface area contributed by atoms with Crippen LogP contribution in [-0.2, 0) is 10.2 Å². The van der Waals surface area contributed by atoms with Gasteiger partial charge in [-0.2, -0.15) is 0 Å². The van der Waals surface area contributed by atoms with Crippen molar-refractivity contribution in [3.05, 3.63) is 35.4 Å². The summed E-state index contributed by atoms with van der Waals surface area (Å²) in [6.07, 6.45) is 5.92. The minimum atomic E-state index is 0.106. The average Bonchev–Trinajstić information content (AvgIpc) is 2.47. The highest BCUT2D eigenvalue weighted by Crippen LogP contribution is 2.42. The summed E-state index contributed by atoms with van der Waals surface area (Å²) in [5.74, 6) is 0. The lowest BCUT2D eigenvalue weighted by atomic mass is 9.74. The fourth-order valence-corrected chi connectivity index (χ4v) is 3.19. The number of methoxy groups -OCH3 is 1. The first-order chi connectivity index (χ1) is 9.96. The van der Waals surface area contributed by atoms with Gasteiger partial charge < -0.3 is 10.1 Å². The van der Waals surface area contributed by atoms with Crippen LogP contribution < -0.4 is 5.32 Å². The molecular weight excluding hydrogens is 258 g/mol. The van der Waals surface area contributed by atoms with Crippen molar-refractivity contribution in [2.75, 3.05) is 14.2 Å². The zero-order chi connectivity index (χ0) is 15.5. The Balaban J connectivity index is 2.12. The molecule has 1 N–H and O–H groups in total. The van der Waals surface area contributed by atoms with E-state index in [2.05, 4.69) is 57.4 Å². The second-order valence-corrected chi connectivity index (χ2v) is 7.15. The zero-order valence-electron chi connectivity index (χ0n) is 14.3. The number of rotatable bonds is 7. The van der Waals surface area contributed by atoms with Crippen LogP contribution in [0.4, 0.5) is 0 Å². The molecule has 2 rings (SSSR count). The fraction of sp³-hybridized carbons (Fsp3) is 0.684. The summed E-state index contributed by atoms with van der Waals surface area (Å²) in [5, 5.41) is 3.47. The van der Waals surface area contributed by atoms with E-state index in [4.69, 9.17) is 4.74 Å². The predicted molar refractivity (Wildman–Crippen MR) is 89.8 cm³/mol. The Hall–Kier alpha value is -0.860. The van der Waals surface area contributed by atoms with Crippen LogP contribution in [0.1, 0.15) is 70.0 Å². The van der Waals surface area contributed by atoms with E-state index in [1.807, 2.05) is 7.11 Å². The smallest absolute Gasteiger partial charge is 0.0697 e. The summed E-state index contributed by atoms with van der Waals surface area (Å²) in [6, 6.07) is 9.54. The van der Waals surface area contributed by atoms with Gasteiger partial charge in [-0.25, -0.2) is 0 Å². The van der Waals surface area contributed by atoms with Crippen LogP contribution in [0.15, 0.2) is 24.3 Å². The van der Waals surface area contributed by atoms with Crippen molar-refractivity contribution in [2.24, 2.45) is 0 Å². The third kappa shape index (κ3) is 3.49. The van der Waals surface area contributed by atoms with E-state index in [9.17, 15) is 0 Å². The van der Waals surface area contributed by atoms with Gasteiger partial charge in [0.2, 0.25) is 0 Å². The lowest BCUT2D eigenvalue weighted by Gasteiger charge is -2.43. The Morgan fingerprint density at radius 2 is 1.86 bits per heavy atom. The second kappa shape index (κ2) is 6.50. The molecule has 0 amide bonds. The number of benzene rings is 1. The molecule has 0 saturated heterocycles. The first-order valence-electron chi connectivity index (χ1n) is 8.29. The molecule has 0 aromatic heterocycles. The van der Waals surface area contributed by atoms with Gasteiger partial charge in [0.1, 0.15) is 0 Å². The minimum absolute atomic E-state index is 0.106. The molecule has 1 aliphatic carbocycles. The molecule has 0 bridgehead atoms. The Kier molecular flexibility index (Phi) is 5.11. The normalized spacial score (nSPS) is 19.1. The lowest BCUT2D eigenvalue weighted by Crippen LogP contribution is -2.42. The van der Waals surface area contributed by atoms with Crippen molar-refractivity contribution >= 4 is 0 Å². The van der Waals surface area contributed by atoms with Crippen molar-refractivity contribution in [2.45, 2.75) is 69.9 Å². The van der Waals surface area contributed by atoms with E-state index in [-0.39, 0.29) is 11.0 Å². The molecule has 1 aliphatic rings. The summed E-state index contributed by atoms with van der Waals surface area (Å²) in [6.45, 7) is 6.88. The number of nitrogens with one attached hydrogen (secondary N) is 1. The number of ether oxygens (including phenoxy) is 1. The van der Waals surface area contributed by atoms with E-state index >= 15 is 0 Å². The lowest BCUT2D eigenvalue weighted by molar-refractivity contribution is -0.0834. The van der Waals surface area contributed by atoms with Gasteiger partial charge in [-0.15, -0.1) is 0 Å². The molecule has 0 heterocycles. The third-order valence-corrected chi connectivity index (χ3v) is 5.60. The van der Waals surface area contributed by atoms with Crippen LogP contribution in [0.5, 0.6) is 0 Å². The first kappa shape index (κ1) is 16.5. The summed E-state index contributed by atoms with van der Waals surface area (Å²) < 4.78 is 5.78. The Bertz CT molecular complexity index is 440. The van der Waals surface area contributed by atoms with E-state index in [0.717, 1.165) is 12.8 Å². The van der Waals surface area contributed by atoms with Crippen molar-refractivity contribution in [1.82, 2.24) is 5.32 Å². The quantitative estimate of drug-likeness (QED) is 0.792. The summed E-state index contributed by atoms with van der Waals surface area (Å²) in [5.41, 5.74) is 3.16. The maximum Gasteiger partial charge on any atom is 0.0697 e. The molecule has 0 radical (unpaired) electrons. The maximum atomic E-state index is 5.78. The van der Waals surface area contributed by atoms with Gasteiger partial charge in [0, 0.05) is 13.2 Å². The monoisotopic (exact) mass is 289 g/mol. The standard InChI is InChI=1S/C19H31NO/c1-6-18(2,3)16-10-8-15(9-11-16)17(20-4)14-19(21-5)12-7-13-19/h8-11,17,20H,6-7,12-14H2,1-5H3.